The lowest BCUT2D eigenvalue weighted by Crippen LogP contribution is -2.09. The van der Waals surface area contributed by atoms with Crippen molar-refractivity contribution in [3.05, 3.63) is 89.0 Å². The van der Waals surface area contributed by atoms with Gasteiger partial charge in [0.15, 0.2) is 11.5 Å². The molecule has 0 aliphatic heterocycles. The van der Waals surface area contributed by atoms with Gasteiger partial charge in [0, 0.05) is 11.8 Å². The fourth-order valence-electron chi connectivity index (χ4n) is 3.17. The second-order valence-electron chi connectivity index (χ2n) is 7.17. The Hall–Kier alpha value is -3.73. The summed E-state index contributed by atoms with van der Waals surface area (Å²) in [5.74, 6) is 1.37. The van der Waals surface area contributed by atoms with Crippen LogP contribution in [0, 0.1) is 13.8 Å². The minimum absolute atomic E-state index is 0.214. The summed E-state index contributed by atoms with van der Waals surface area (Å²) >= 11 is 0. The van der Waals surface area contributed by atoms with Crippen LogP contribution in [-0.2, 0) is 11.4 Å². The van der Waals surface area contributed by atoms with Crippen LogP contribution in [0.3, 0.4) is 0 Å². The van der Waals surface area contributed by atoms with Crippen LogP contribution >= 0.6 is 0 Å². The van der Waals surface area contributed by atoms with E-state index >= 15 is 0 Å². The molecule has 1 N–H and O–H groups in total. The van der Waals surface area contributed by atoms with Gasteiger partial charge in [-0.15, -0.1) is 0 Å². The third-order valence-electron chi connectivity index (χ3n) is 4.78. The molecule has 5 nitrogen and oxygen atoms in total. The number of carbonyl (C=O) groups is 1. The van der Waals surface area contributed by atoms with Crippen LogP contribution in [0.2, 0.25) is 0 Å². The molecule has 3 rings (SSSR count). The molecule has 0 saturated heterocycles. The zero-order valence-electron chi connectivity index (χ0n) is 18.3. The molecular weight excluding hydrogens is 390 g/mol. The van der Waals surface area contributed by atoms with Gasteiger partial charge >= 0.3 is 0 Å². The number of benzene rings is 3. The van der Waals surface area contributed by atoms with Crippen LogP contribution in [-0.4, -0.2) is 20.1 Å². The quantitative estimate of drug-likeness (QED) is 0.488. The maximum Gasteiger partial charge on any atom is 0.248 e. The van der Waals surface area contributed by atoms with Crippen molar-refractivity contribution in [1.82, 2.24) is 0 Å². The van der Waals surface area contributed by atoms with E-state index in [4.69, 9.17) is 14.2 Å². The molecule has 0 bridgehead atoms. The average Bonchev–Trinajstić information content (AvgIpc) is 2.78. The van der Waals surface area contributed by atoms with E-state index in [1.807, 2.05) is 74.5 Å². The highest BCUT2D eigenvalue weighted by Gasteiger charge is 2.14. The zero-order chi connectivity index (χ0) is 22.2. The highest BCUT2D eigenvalue weighted by atomic mass is 16.5. The van der Waals surface area contributed by atoms with Crippen LogP contribution in [0.5, 0.6) is 17.2 Å². The third kappa shape index (κ3) is 5.89. The summed E-state index contributed by atoms with van der Waals surface area (Å²) in [7, 11) is 3.15. The summed E-state index contributed by atoms with van der Waals surface area (Å²) in [5.41, 5.74) is 4.76. The maximum absolute atomic E-state index is 12.4. The number of amides is 1. The highest BCUT2D eigenvalue weighted by Crippen LogP contribution is 2.39. The van der Waals surface area contributed by atoms with Crippen molar-refractivity contribution in [3.8, 4) is 17.2 Å². The molecule has 3 aromatic rings. The number of hydrogen-bond acceptors (Lipinski definition) is 4. The first-order valence-electron chi connectivity index (χ1n) is 9.99. The van der Waals surface area contributed by atoms with Gasteiger partial charge in [-0.2, -0.15) is 0 Å². The molecule has 0 atom stereocenters. The van der Waals surface area contributed by atoms with Crippen molar-refractivity contribution < 1.29 is 19.0 Å². The Labute approximate surface area is 183 Å². The van der Waals surface area contributed by atoms with Gasteiger partial charge in [-0.25, -0.2) is 0 Å². The lowest BCUT2D eigenvalue weighted by atomic mass is 10.1. The number of methoxy groups -OCH3 is 2. The SMILES string of the molecule is COc1cc(C=CC(=O)Nc2ccc(C)cc2C)cc(OC)c1OCc1ccccc1. The Morgan fingerprint density at radius 3 is 2.23 bits per heavy atom. The van der Waals surface area contributed by atoms with Crippen molar-refractivity contribution in [3.63, 3.8) is 0 Å². The first-order chi connectivity index (χ1) is 15.0. The maximum atomic E-state index is 12.4. The van der Waals surface area contributed by atoms with Crippen LogP contribution < -0.4 is 19.5 Å². The third-order valence-corrected chi connectivity index (χ3v) is 4.78. The molecule has 1 amide bonds. The molecule has 0 heterocycles. The van der Waals surface area contributed by atoms with Crippen molar-refractivity contribution >= 4 is 17.7 Å². The molecule has 0 unspecified atom stereocenters. The first-order valence-corrected chi connectivity index (χ1v) is 9.99. The predicted octanol–water partition coefficient (Wildman–Crippen LogP) is 5.55. The molecule has 0 spiro atoms. The minimum atomic E-state index is -0.214. The summed E-state index contributed by atoms with van der Waals surface area (Å²) in [6, 6.07) is 19.4. The van der Waals surface area contributed by atoms with Gasteiger partial charge in [0.25, 0.3) is 0 Å². The van der Waals surface area contributed by atoms with Crippen LogP contribution in [0.25, 0.3) is 6.08 Å². The fourth-order valence-corrected chi connectivity index (χ4v) is 3.17. The lowest BCUT2D eigenvalue weighted by molar-refractivity contribution is -0.111. The number of hydrogen-bond donors (Lipinski definition) is 1. The molecule has 31 heavy (non-hydrogen) atoms. The normalized spacial score (nSPS) is 10.7. The average molecular weight is 418 g/mol. The van der Waals surface area contributed by atoms with E-state index in [0.29, 0.717) is 23.9 Å². The topological polar surface area (TPSA) is 56.8 Å². The molecule has 0 radical (unpaired) electrons. The summed E-state index contributed by atoms with van der Waals surface area (Å²) < 4.78 is 17.0. The largest absolute Gasteiger partial charge is 0.493 e. The van der Waals surface area contributed by atoms with Crippen LogP contribution in [0.15, 0.2) is 66.7 Å². The van der Waals surface area contributed by atoms with Gasteiger partial charge in [0.1, 0.15) is 6.61 Å². The lowest BCUT2D eigenvalue weighted by Gasteiger charge is -2.15. The van der Waals surface area contributed by atoms with E-state index in [0.717, 1.165) is 27.9 Å². The van der Waals surface area contributed by atoms with Crippen LogP contribution in [0.4, 0.5) is 5.69 Å². The number of carbonyl (C=O) groups excluding carboxylic acids is 1. The Morgan fingerprint density at radius 2 is 1.61 bits per heavy atom. The molecule has 5 heteroatoms. The van der Waals surface area contributed by atoms with Crippen molar-refractivity contribution in [2.45, 2.75) is 20.5 Å². The number of ether oxygens (including phenoxy) is 3. The monoisotopic (exact) mass is 417 g/mol. The zero-order valence-corrected chi connectivity index (χ0v) is 18.3. The van der Waals surface area contributed by atoms with Crippen LogP contribution in [0.1, 0.15) is 22.3 Å². The summed E-state index contributed by atoms with van der Waals surface area (Å²) in [4.78, 5) is 12.4. The van der Waals surface area contributed by atoms with E-state index in [2.05, 4.69) is 5.32 Å². The molecule has 160 valence electrons. The number of aryl methyl sites for hydroxylation is 2. The first kappa shape index (κ1) is 22.0. The number of nitrogens with one attached hydrogen (secondary N) is 1. The molecule has 0 fully saturated rings. The van der Waals surface area contributed by atoms with Crippen molar-refractivity contribution in [2.24, 2.45) is 0 Å². The molecule has 0 saturated carbocycles. The van der Waals surface area contributed by atoms with E-state index in [1.54, 1.807) is 20.3 Å². The summed E-state index contributed by atoms with van der Waals surface area (Å²) in [6.07, 6.45) is 3.20. The highest BCUT2D eigenvalue weighted by molar-refractivity contribution is 6.02. The van der Waals surface area contributed by atoms with Crippen molar-refractivity contribution in [2.75, 3.05) is 19.5 Å². The second-order valence-corrected chi connectivity index (χ2v) is 7.17. The molecule has 0 aliphatic rings. The predicted molar refractivity (Wildman–Crippen MR) is 124 cm³/mol. The van der Waals surface area contributed by atoms with Gasteiger partial charge < -0.3 is 19.5 Å². The Balaban J connectivity index is 1.75. The fraction of sp³-hybridized carbons (Fsp3) is 0.192. The molecule has 0 aliphatic carbocycles. The minimum Gasteiger partial charge on any atom is -0.493 e. The standard InChI is InChI=1S/C26H27NO4/c1-18-10-12-22(19(2)14-18)27-25(28)13-11-21-15-23(29-3)26(24(16-21)30-4)31-17-20-8-6-5-7-9-20/h5-16H,17H2,1-4H3,(H,27,28). The summed E-state index contributed by atoms with van der Waals surface area (Å²) in [5, 5.41) is 2.90. The molecule has 0 aromatic heterocycles. The number of anilines is 1. The Bertz CT molecular complexity index is 1050. The number of rotatable bonds is 8. The van der Waals surface area contributed by atoms with Gasteiger partial charge in [-0.3, -0.25) is 4.79 Å². The Morgan fingerprint density at radius 1 is 0.935 bits per heavy atom. The van der Waals surface area contributed by atoms with Crippen molar-refractivity contribution in [1.29, 1.82) is 0 Å². The van der Waals surface area contributed by atoms with E-state index in [-0.39, 0.29) is 5.91 Å². The van der Waals surface area contributed by atoms with Gasteiger partial charge in [0.05, 0.1) is 14.2 Å². The van der Waals surface area contributed by atoms with E-state index in [1.165, 1.54) is 6.08 Å². The van der Waals surface area contributed by atoms with Gasteiger partial charge in [0.2, 0.25) is 11.7 Å². The molecule has 3 aromatic carbocycles. The Kier molecular flexibility index (Phi) is 7.33. The van der Waals surface area contributed by atoms with E-state index < -0.39 is 0 Å². The van der Waals surface area contributed by atoms with Gasteiger partial charge in [-0.1, -0.05) is 48.0 Å². The second kappa shape index (κ2) is 10.3. The van der Waals surface area contributed by atoms with Gasteiger partial charge in [-0.05, 0) is 54.8 Å². The molecular formula is C26H27NO4. The smallest absolute Gasteiger partial charge is 0.248 e. The van der Waals surface area contributed by atoms with E-state index in [9.17, 15) is 4.79 Å². The summed E-state index contributed by atoms with van der Waals surface area (Å²) in [6.45, 7) is 4.38.